The SMILES string of the molecule is O=C(CCC(=O)N1CCSc2ccccc21)NCc1ccc(F)cc1C(F)(F)F. The number of fused-ring (bicyclic) bond motifs is 1. The molecule has 1 N–H and O–H groups in total. The maximum absolute atomic E-state index is 13.1. The molecule has 0 aromatic heterocycles. The zero-order chi connectivity index (χ0) is 21.0. The molecule has 1 aliphatic rings. The lowest BCUT2D eigenvalue weighted by Crippen LogP contribution is -2.36. The summed E-state index contributed by atoms with van der Waals surface area (Å²) in [7, 11) is 0. The fourth-order valence-corrected chi connectivity index (χ4v) is 4.03. The predicted molar refractivity (Wildman–Crippen MR) is 102 cm³/mol. The van der Waals surface area contributed by atoms with Crippen LogP contribution in [0.25, 0.3) is 0 Å². The highest BCUT2D eigenvalue weighted by Gasteiger charge is 2.33. The van der Waals surface area contributed by atoms with Crippen molar-refractivity contribution in [2.24, 2.45) is 0 Å². The number of amides is 2. The van der Waals surface area contributed by atoms with Crippen molar-refractivity contribution in [2.75, 3.05) is 17.2 Å². The lowest BCUT2D eigenvalue weighted by atomic mass is 10.1. The summed E-state index contributed by atoms with van der Waals surface area (Å²) in [5, 5.41) is 2.37. The minimum atomic E-state index is -4.72. The van der Waals surface area contributed by atoms with Gasteiger partial charge in [0.15, 0.2) is 0 Å². The van der Waals surface area contributed by atoms with Crippen LogP contribution in [0.1, 0.15) is 24.0 Å². The van der Waals surface area contributed by atoms with Gasteiger partial charge in [-0.2, -0.15) is 13.2 Å². The van der Waals surface area contributed by atoms with E-state index in [1.54, 1.807) is 16.7 Å². The molecule has 2 amide bonds. The molecule has 1 heterocycles. The summed E-state index contributed by atoms with van der Waals surface area (Å²) in [4.78, 5) is 27.2. The Kier molecular flexibility index (Phi) is 6.46. The Morgan fingerprint density at radius 3 is 2.62 bits per heavy atom. The van der Waals surface area contributed by atoms with Crippen LogP contribution >= 0.6 is 11.8 Å². The highest BCUT2D eigenvalue weighted by atomic mass is 32.2. The average Bonchev–Trinajstić information content (AvgIpc) is 2.70. The van der Waals surface area contributed by atoms with E-state index in [2.05, 4.69) is 5.32 Å². The molecule has 4 nitrogen and oxygen atoms in total. The second-order valence-electron chi connectivity index (χ2n) is 6.44. The summed E-state index contributed by atoms with van der Waals surface area (Å²) in [5.74, 6) is -1.01. The monoisotopic (exact) mass is 426 g/mol. The number of halogens is 4. The number of thioether (sulfide) groups is 1. The number of carbonyl (C=O) groups excluding carboxylic acids is 2. The van der Waals surface area contributed by atoms with Crippen molar-refractivity contribution >= 4 is 29.3 Å². The van der Waals surface area contributed by atoms with Gasteiger partial charge in [-0.05, 0) is 29.8 Å². The third-order valence-electron chi connectivity index (χ3n) is 4.45. The standard InChI is InChI=1S/C20H18F4N2O2S/c21-14-6-5-13(15(11-14)20(22,23)24)12-25-18(27)7-8-19(28)26-9-10-29-17-4-2-1-3-16(17)26/h1-6,11H,7-10,12H2,(H,25,27). The van der Waals surface area contributed by atoms with Gasteiger partial charge in [0.2, 0.25) is 11.8 Å². The van der Waals surface area contributed by atoms with Crippen molar-refractivity contribution in [1.82, 2.24) is 5.32 Å². The highest BCUT2D eigenvalue weighted by Crippen LogP contribution is 2.35. The molecular weight excluding hydrogens is 408 g/mol. The van der Waals surface area contributed by atoms with Gasteiger partial charge in [0.25, 0.3) is 0 Å². The summed E-state index contributed by atoms with van der Waals surface area (Å²) in [6, 6.07) is 9.78. The normalized spacial score (nSPS) is 13.7. The van der Waals surface area contributed by atoms with E-state index in [-0.39, 0.29) is 24.3 Å². The Hall–Kier alpha value is -2.55. The zero-order valence-corrected chi connectivity index (χ0v) is 16.1. The number of para-hydroxylation sites is 1. The molecule has 0 saturated heterocycles. The fraction of sp³-hybridized carbons (Fsp3) is 0.300. The molecule has 0 atom stereocenters. The summed E-state index contributed by atoms with van der Waals surface area (Å²) in [6.45, 7) is 0.137. The number of hydrogen-bond acceptors (Lipinski definition) is 3. The van der Waals surface area contributed by atoms with E-state index in [4.69, 9.17) is 0 Å². The average molecular weight is 426 g/mol. The molecule has 0 bridgehead atoms. The molecule has 0 radical (unpaired) electrons. The van der Waals surface area contributed by atoms with Gasteiger partial charge in [-0.3, -0.25) is 9.59 Å². The Labute approximate surface area is 169 Å². The van der Waals surface area contributed by atoms with Crippen LogP contribution in [0.15, 0.2) is 47.4 Å². The van der Waals surface area contributed by atoms with E-state index in [0.29, 0.717) is 12.6 Å². The third kappa shape index (κ3) is 5.29. The first-order valence-electron chi connectivity index (χ1n) is 8.90. The topological polar surface area (TPSA) is 49.4 Å². The first-order chi connectivity index (χ1) is 13.8. The fourth-order valence-electron chi connectivity index (χ4n) is 3.03. The molecule has 0 saturated carbocycles. The van der Waals surface area contributed by atoms with E-state index >= 15 is 0 Å². The second kappa shape index (κ2) is 8.86. The van der Waals surface area contributed by atoms with Crippen molar-refractivity contribution < 1.29 is 27.2 Å². The summed E-state index contributed by atoms with van der Waals surface area (Å²) < 4.78 is 52.1. The van der Waals surface area contributed by atoms with Crippen molar-refractivity contribution in [1.29, 1.82) is 0 Å². The first-order valence-corrected chi connectivity index (χ1v) is 9.89. The van der Waals surface area contributed by atoms with Gasteiger partial charge in [0, 0.05) is 36.6 Å². The van der Waals surface area contributed by atoms with Gasteiger partial charge in [-0.25, -0.2) is 4.39 Å². The molecule has 0 spiro atoms. The number of hydrogen-bond donors (Lipinski definition) is 1. The Bertz CT molecular complexity index is 918. The van der Waals surface area contributed by atoms with Gasteiger partial charge >= 0.3 is 6.18 Å². The number of nitrogens with one attached hydrogen (secondary N) is 1. The molecule has 2 aromatic rings. The quantitative estimate of drug-likeness (QED) is 0.722. The summed E-state index contributed by atoms with van der Waals surface area (Å²) >= 11 is 1.65. The smallest absolute Gasteiger partial charge is 0.352 e. The third-order valence-corrected chi connectivity index (χ3v) is 5.49. The molecule has 3 rings (SSSR count). The maximum Gasteiger partial charge on any atom is 0.416 e. The molecule has 29 heavy (non-hydrogen) atoms. The number of anilines is 1. The number of alkyl halides is 3. The Morgan fingerprint density at radius 1 is 1.10 bits per heavy atom. The van der Waals surface area contributed by atoms with Gasteiger partial charge in [-0.1, -0.05) is 18.2 Å². The van der Waals surface area contributed by atoms with Crippen LogP contribution in [-0.2, 0) is 22.3 Å². The number of nitrogens with zero attached hydrogens (tertiary/aromatic N) is 1. The summed E-state index contributed by atoms with van der Waals surface area (Å²) in [6.07, 6.45) is -4.93. The van der Waals surface area contributed by atoms with Crippen LogP contribution < -0.4 is 10.2 Å². The van der Waals surface area contributed by atoms with Gasteiger partial charge in [0.05, 0.1) is 11.3 Å². The lowest BCUT2D eigenvalue weighted by Gasteiger charge is -2.29. The van der Waals surface area contributed by atoms with E-state index in [1.165, 1.54) is 0 Å². The lowest BCUT2D eigenvalue weighted by molar-refractivity contribution is -0.138. The highest BCUT2D eigenvalue weighted by molar-refractivity contribution is 7.99. The van der Waals surface area contributed by atoms with Crippen molar-refractivity contribution in [3.8, 4) is 0 Å². The number of carbonyl (C=O) groups is 2. The van der Waals surface area contributed by atoms with E-state index in [1.807, 2.05) is 24.3 Å². The number of benzene rings is 2. The molecule has 2 aromatic carbocycles. The minimum Gasteiger partial charge on any atom is -0.352 e. The van der Waals surface area contributed by atoms with Crippen LogP contribution in [-0.4, -0.2) is 24.1 Å². The predicted octanol–water partition coefficient (Wildman–Crippen LogP) is 4.38. The van der Waals surface area contributed by atoms with Gasteiger partial charge in [-0.15, -0.1) is 11.8 Å². The maximum atomic E-state index is 13.1. The van der Waals surface area contributed by atoms with Crippen LogP contribution in [0.3, 0.4) is 0 Å². The van der Waals surface area contributed by atoms with Crippen LogP contribution in [0, 0.1) is 5.82 Å². The minimum absolute atomic E-state index is 0.0552. The van der Waals surface area contributed by atoms with Crippen LogP contribution in [0.2, 0.25) is 0 Å². The van der Waals surface area contributed by atoms with Crippen LogP contribution in [0.4, 0.5) is 23.2 Å². The second-order valence-corrected chi connectivity index (χ2v) is 7.57. The Balaban J connectivity index is 1.56. The van der Waals surface area contributed by atoms with Crippen molar-refractivity contribution in [3.63, 3.8) is 0 Å². The molecule has 0 unspecified atom stereocenters. The number of rotatable bonds is 5. The zero-order valence-electron chi connectivity index (χ0n) is 15.3. The molecule has 0 aliphatic carbocycles. The molecule has 9 heteroatoms. The van der Waals surface area contributed by atoms with E-state index in [0.717, 1.165) is 28.5 Å². The Morgan fingerprint density at radius 2 is 1.86 bits per heavy atom. The molecule has 0 fully saturated rings. The molecule has 1 aliphatic heterocycles. The van der Waals surface area contributed by atoms with E-state index < -0.39 is 30.0 Å². The van der Waals surface area contributed by atoms with Gasteiger partial charge < -0.3 is 10.2 Å². The molecular formula is C20H18F4N2O2S. The first kappa shape index (κ1) is 21.2. The largest absolute Gasteiger partial charge is 0.416 e. The van der Waals surface area contributed by atoms with Crippen LogP contribution in [0.5, 0.6) is 0 Å². The van der Waals surface area contributed by atoms with Crippen molar-refractivity contribution in [3.05, 3.63) is 59.4 Å². The summed E-state index contributed by atoms with van der Waals surface area (Å²) in [5.41, 5.74) is -0.563. The van der Waals surface area contributed by atoms with E-state index in [9.17, 15) is 27.2 Å². The van der Waals surface area contributed by atoms with Crippen molar-refractivity contribution in [2.45, 2.75) is 30.5 Å². The van der Waals surface area contributed by atoms with Gasteiger partial charge in [0.1, 0.15) is 5.82 Å². The molecule has 154 valence electrons.